The Balaban J connectivity index is 2.29. The molecule has 11 nitrogen and oxygen atoms in total. The molecule has 0 bridgehead atoms. The van der Waals surface area contributed by atoms with E-state index in [0.29, 0.717) is 0 Å². The monoisotopic (exact) mass is 422 g/mol. The molecule has 1 aromatic rings. The van der Waals surface area contributed by atoms with Gasteiger partial charge in [-0.25, -0.2) is 9.79 Å². The summed E-state index contributed by atoms with van der Waals surface area (Å²) in [6.45, 7) is 0.698. The van der Waals surface area contributed by atoms with E-state index >= 15 is 0 Å². The zero-order valence-electron chi connectivity index (χ0n) is 16.3. The Morgan fingerprint density at radius 2 is 1.90 bits per heavy atom. The number of carbonyl (C=O) groups is 2. The Hall–Kier alpha value is -3.15. The van der Waals surface area contributed by atoms with E-state index in [4.69, 9.17) is 15.6 Å². The zero-order valence-corrected chi connectivity index (χ0v) is 16.3. The van der Waals surface area contributed by atoms with E-state index in [0.717, 1.165) is 5.56 Å². The van der Waals surface area contributed by atoms with Gasteiger partial charge in [0.15, 0.2) is 5.96 Å². The first-order chi connectivity index (χ1) is 14.2. The minimum Gasteiger partial charge on any atom is -0.478 e. The van der Waals surface area contributed by atoms with Crippen LogP contribution in [-0.2, 0) is 20.9 Å². The number of hydrogen-bond acceptors (Lipinski definition) is 7. The second-order valence-electron chi connectivity index (χ2n) is 6.74. The number of rotatable bonds is 8. The van der Waals surface area contributed by atoms with Crippen molar-refractivity contribution in [2.75, 3.05) is 6.61 Å². The smallest absolute Gasteiger partial charge is 0.370 e. The number of nitrogens with two attached hydrogens (primary N) is 1. The van der Waals surface area contributed by atoms with Crippen molar-refractivity contribution >= 4 is 17.8 Å². The lowest BCUT2D eigenvalue weighted by Gasteiger charge is -2.40. The van der Waals surface area contributed by atoms with Crippen molar-refractivity contribution in [1.82, 2.24) is 10.6 Å². The average molecular weight is 422 g/mol. The van der Waals surface area contributed by atoms with Crippen LogP contribution >= 0.6 is 0 Å². The standard InChI is InChI=1S/C19H26N4O7/c1-10(25)22-15-12(23-19(20)21-8-11-5-3-2-4-6-11)7-14(18(28)29)30-17(15)16(27)13(26)9-24/h2-7,12-13,15-17,24,26-27H,8-9H2,1H3,(H,22,25)(H,28,29)(H3,20,21,23)/t12-,13+,15+,16+,17+/m0/s1. The molecule has 0 spiro atoms. The summed E-state index contributed by atoms with van der Waals surface area (Å²) < 4.78 is 5.29. The normalized spacial score (nSPS) is 23.5. The quantitative estimate of drug-likeness (QED) is 0.184. The van der Waals surface area contributed by atoms with Crippen molar-refractivity contribution in [2.24, 2.45) is 10.7 Å². The molecule has 5 atom stereocenters. The third-order valence-electron chi connectivity index (χ3n) is 4.42. The molecule has 1 heterocycles. The maximum atomic E-state index is 11.7. The van der Waals surface area contributed by atoms with Gasteiger partial charge in [-0.3, -0.25) is 4.79 Å². The fourth-order valence-corrected chi connectivity index (χ4v) is 2.98. The van der Waals surface area contributed by atoms with E-state index in [-0.39, 0.29) is 12.5 Å². The molecule has 2 rings (SSSR count). The molecule has 0 saturated heterocycles. The van der Waals surface area contributed by atoms with Gasteiger partial charge in [-0.05, 0) is 11.6 Å². The summed E-state index contributed by atoms with van der Waals surface area (Å²) in [4.78, 5) is 27.4. The summed E-state index contributed by atoms with van der Waals surface area (Å²) in [5, 5.41) is 44.0. The first kappa shape index (κ1) is 23.1. The molecule has 0 unspecified atom stereocenters. The number of aliphatic carboxylic acids is 1. The number of aliphatic hydroxyl groups excluding tert-OH is 3. The number of carboxylic acid groups (broad SMARTS) is 1. The summed E-state index contributed by atoms with van der Waals surface area (Å²) >= 11 is 0. The van der Waals surface area contributed by atoms with E-state index in [9.17, 15) is 24.9 Å². The Bertz CT molecular complexity index is 799. The first-order valence-corrected chi connectivity index (χ1v) is 9.19. The lowest BCUT2D eigenvalue weighted by Crippen LogP contribution is -2.64. The Kier molecular flexibility index (Phi) is 8.16. The maximum absolute atomic E-state index is 11.7. The highest BCUT2D eigenvalue weighted by Crippen LogP contribution is 2.23. The van der Waals surface area contributed by atoms with Gasteiger partial charge in [0.05, 0.1) is 25.2 Å². The molecule has 0 saturated carbocycles. The second kappa shape index (κ2) is 10.6. The summed E-state index contributed by atoms with van der Waals surface area (Å²) in [5.41, 5.74) is 6.83. The average Bonchev–Trinajstić information content (AvgIpc) is 2.72. The minimum atomic E-state index is -1.69. The van der Waals surface area contributed by atoms with Crippen molar-refractivity contribution < 1.29 is 34.8 Å². The molecule has 0 radical (unpaired) electrons. The molecule has 8 N–H and O–H groups in total. The van der Waals surface area contributed by atoms with Gasteiger partial charge < -0.3 is 41.5 Å². The number of hydrogen-bond donors (Lipinski definition) is 7. The first-order valence-electron chi connectivity index (χ1n) is 9.19. The van der Waals surface area contributed by atoms with Crippen LogP contribution in [0.25, 0.3) is 0 Å². The number of nitrogens with one attached hydrogen (secondary N) is 2. The molecule has 1 aliphatic rings. The molecular formula is C19H26N4O7. The molecule has 1 aliphatic heterocycles. The number of carbonyl (C=O) groups excluding carboxylic acids is 1. The molecule has 164 valence electrons. The number of amides is 1. The Labute approximate surface area is 172 Å². The van der Waals surface area contributed by atoms with Gasteiger partial charge in [0.1, 0.15) is 18.3 Å². The number of aliphatic imine (C=N–C) groups is 1. The number of nitrogens with zero attached hydrogens (tertiary/aromatic N) is 1. The van der Waals surface area contributed by atoms with Gasteiger partial charge in [0, 0.05) is 6.92 Å². The summed E-state index contributed by atoms with van der Waals surface area (Å²) in [6, 6.07) is 7.32. The van der Waals surface area contributed by atoms with Gasteiger partial charge >= 0.3 is 5.97 Å². The van der Waals surface area contributed by atoms with Gasteiger partial charge in [-0.15, -0.1) is 0 Å². The molecule has 1 aromatic carbocycles. The van der Waals surface area contributed by atoms with E-state index in [1.54, 1.807) is 0 Å². The second-order valence-corrected chi connectivity index (χ2v) is 6.74. The van der Waals surface area contributed by atoms with Crippen LogP contribution in [0.15, 0.2) is 47.2 Å². The van der Waals surface area contributed by atoms with Crippen LogP contribution in [0.5, 0.6) is 0 Å². The molecule has 1 amide bonds. The number of aliphatic hydroxyl groups is 3. The van der Waals surface area contributed by atoms with Gasteiger partial charge in [0.25, 0.3) is 0 Å². The fraction of sp³-hybridized carbons (Fsp3) is 0.421. The molecular weight excluding hydrogens is 396 g/mol. The molecule has 11 heteroatoms. The molecule has 30 heavy (non-hydrogen) atoms. The maximum Gasteiger partial charge on any atom is 0.370 e. The molecule has 0 fully saturated rings. The number of benzene rings is 1. The molecule has 0 aliphatic carbocycles. The van der Waals surface area contributed by atoms with Crippen molar-refractivity contribution in [3.05, 3.63) is 47.7 Å². The van der Waals surface area contributed by atoms with Crippen LogP contribution in [-0.4, -0.2) is 75.3 Å². The van der Waals surface area contributed by atoms with Crippen molar-refractivity contribution in [3.8, 4) is 0 Å². The minimum absolute atomic E-state index is 0.0296. The van der Waals surface area contributed by atoms with Crippen molar-refractivity contribution in [3.63, 3.8) is 0 Å². The predicted octanol–water partition coefficient (Wildman–Crippen LogP) is -1.95. The summed E-state index contributed by atoms with van der Waals surface area (Å²) in [5.74, 6) is -2.45. The third-order valence-corrected chi connectivity index (χ3v) is 4.42. The van der Waals surface area contributed by atoms with E-state index < -0.39 is 54.6 Å². The topological polar surface area (TPSA) is 187 Å². The lowest BCUT2D eigenvalue weighted by molar-refractivity contribution is -0.146. The van der Waals surface area contributed by atoms with E-state index in [1.165, 1.54) is 13.0 Å². The van der Waals surface area contributed by atoms with Crippen LogP contribution < -0.4 is 16.4 Å². The lowest BCUT2D eigenvalue weighted by atomic mass is 9.92. The van der Waals surface area contributed by atoms with Gasteiger partial charge in [-0.2, -0.15) is 0 Å². The number of carboxylic acids is 1. The largest absolute Gasteiger partial charge is 0.478 e. The highest BCUT2D eigenvalue weighted by molar-refractivity contribution is 5.85. The van der Waals surface area contributed by atoms with E-state index in [1.807, 2.05) is 30.3 Å². The van der Waals surface area contributed by atoms with Gasteiger partial charge in [0.2, 0.25) is 11.7 Å². The number of ether oxygens (including phenoxy) is 1. The van der Waals surface area contributed by atoms with Crippen LogP contribution in [0.4, 0.5) is 0 Å². The Morgan fingerprint density at radius 1 is 1.23 bits per heavy atom. The zero-order chi connectivity index (χ0) is 22.3. The highest BCUT2D eigenvalue weighted by atomic mass is 16.5. The van der Waals surface area contributed by atoms with Crippen LogP contribution in [0.2, 0.25) is 0 Å². The van der Waals surface area contributed by atoms with Crippen LogP contribution in [0.1, 0.15) is 12.5 Å². The van der Waals surface area contributed by atoms with Crippen molar-refractivity contribution in [1.29, 1.82) is 0 Å². The summed E-state index contributed by atoms with van der Waals surface area (Å²) in [6.07, 6.45) is -3.51. The van der Waals surface area contributed by atoms with Crippen LogP contribution in [0.3, 0.4) is 0 Å². The summed E-state index contributed by atoms with van der Waals surface area (Å²) in [7, 11) is 0. The van der Waals surface area contributed by atoms with Gasteiger partial charge in [-0.1, -0.05) is 30.3 Å². The SMILES string of the molecule is CC(=O)N[C@H]1[C@H]([C@H](O)[C@H](O)CO)OC(C(=O)O)=C[C@@H]1NC(N)=NCc1ccccc1. The van der Waals surface area contributed by atoms with Crippen LogP contribution in [0, 0.1) is 0 Å². The number of guanidine groups is 1. The Morgan fingerprint density at radius 3 is 2.47 bits per heavy atom. The molecule has 0 aromatic heterocycles. The van der Waals surface area contributed by atoms with Crippen molar-refractivity contribution in [2.45, 2.75) is 43.9 Å². The highest BCUT2D eigenvalue weighted by Gasteiger charge is 2.43. The predicted molar refractivity (Wildman–Crippen MR) is 106 cm³/mol. The third kappa shape index (κ3) is 6.17. The fourth-order valence-electron chi connectivity index (χ4n) is 2.98. The van der Waals surface area contributed by atoms with E-state index in [2.05, 4.69) is 15.6 Å².